The SMILES string of the molecule is Cc1cncc(NC(C)c2cc3cc(Cl)ccc3o2)n1. The fourth-order valence-corrected chi connectivity index (χ4v) is 2.25. The average Bonchev–Trinajstić information content (AvgIpc) is 2.81. The molecule has 3 aromatic rings. The second kappa shape index (κ2) is 5.13. The second-order valence-corrected chi connectivity index (χ2v) is 5.18. The van der Waals surface area contributed by atoms with Gasteiger partial charge in [-0.25, -0.2) is 4.98 Å². The molecule has 102 valence electrons. The lowest BCUT2D eigenvalue weighted by Gasteiger charge is -2.11. The summed E-state index contributed by atoms with van der Waals surface area (Å²) in [5.74, 6) is 1.57. The monoisotopic (exact) mass is 287 g/mol. The van der Waals surface area contributed by atoms with E-state index in [2.05, 4.69) is 15.3 Å². The summed E-state index contributed by atoms with van der Waals surface area (Å²) in [6.07, 6.45) is 3.42. The minimum atomic E-state index is -0.00252. The first-order valence-corrected chi connectivity index (χ1v) is 6.74. The number of aromatic nitrogens is 2. The van der Waals surface area contributed by atoms with Crippen LogP contribution in [0.5, 0.6) is 0 Å². The van der Waals surface area contributed by atoms with Gasteiger partial charge in [0.2, 0.25) is 0 Å². The number of anilines is 1. The van der Waals surface area contributed by atoms with Gasteiger partial charge in [-0.3, -0.25) is 4.98 Å². The van der Waals surface area contributed by atoms with Gasteiger partial charge in [0.05, 0.1) is 17.9 Å². The normalized spacial score (nSPS) is 12.6. The van der Waals surface area contributed by atoms with Gasteiger partial charge in [-0.05, 0) is 38.1 Å². The summed E-state index contributed by atoms with van der Waals surface area (Å²) in [6, 6.07) is 7.57. The Bertz CT molecular complexity index is 754. The number of aryl methyl sites for hydroxylation is 1. The van der Waals surface area contributed by atoms with E-state index in [0.717, 1.165) is 28.2 Å². The van der Waals surface area contributed by atoms with Gasteiger partial charge < -0.3 is 9.73 Å². The van der Waals surface area contributed by atoms with E-state index in [-0.39, 0.29) is 6.04 Å². The van der Waals surface area contributed by atoms with Crippen LogP contribution < -0.4 is 5.32 Å². The fraction of sp³-hybridized carbons (Fsp3) is 0.200. The third-order valence-corrected chi connectivity index (χ3v) is 3.28. The zero-order chi connectivity index (χ0) is 14.1. The summed E-state index contributed by atoms with van der Waals surface area (Å²) in [7, 11) is 0. The zero-order valence-corrected chi connectivity index (χ0v) is 12.0. The highest BCUT2D eigenvalue weighted by molar-refractivity contribution is 6.31. The van der Waals surface area contributed by atoms with E-state index in [1.807, 2.05) is 38.1 Å². The van der Waals surface area contributed by atoms with Gasteiger partial charge in [-0.15, -0.1) is 0 Å². The quantitative estimate of drug-likeness (QED) is 0.778. The Morgan fingerprint density at radius 1 is 1.25 bits per heavy atom. The van der Waals surface area contributed by atoms with Gasteiger partial charge in [0.25, 0.3) is 0 Å². The van der Waals surface area contributed by atoms with Crippen LogP contribution in [0.3, 0.4) is 0 Å². The molecule has 20 heavy (non-hydrogen) atoms. The Morgan fingerprint density at radius 3 is 2.90 bits per heavy atom. The maximum atomic E-state index is 5.98. The smallest absolute Gasteiger partial charge is 0.145 e. The third kappa shape index (κ3) is 2.60. The van der Waals surface area contributed by atoms with Crippen molar-refractivity contribution in [3.63, 3.8) is 0 Å². The van der Waals surface area contributed by atoms with Gasteiger partial charge in [0, 0.05) is 16.6 Å². The molecule has 0 spiro atoms. The highest BCUT2D eigenvalue weighted by atomic mass is 35.5. The summed E-state index contributed by atoms with van der Waals surface area (Å²) in [5.41, 5.74) is 1.70. The van der Waals surface area contributed by atoms with Crippen LogP contribution in [0.4, 0.5) is 5.82 Å². The number of furan rings is 1. The highest BCUT2D eigenvalue weighted by Crippen LogP contribution is 2.27. The van der Waals surface area contributed by atoms with Crippen LogP contribution in [0.15, 0.2) is 41.1 Å². The van der Waals surface area contributed by atoms with Crippen molar-refractivity contribution in [2.45, 2.75) is 19.9 Å². The number of benzene rings is 1. The highest BCUT2D eigenvalue weighted by Gasteiger charge is 2.12. The van der Waals surface area contributed by atoms with E-state index in [1.54, 1.807) is 12.4 Å². The molecule has 5 heteroatoms. The van der Waals surface area contributed by atoms with E-state index in [9.17, 15) is 0 Å². The van der Waals surface area contributed by atoms with Crippen molar-refractivity contribution >= 4 is 28.4 Å². The Balaban J connectivity index is 1.86. The molecule has 0 fully saturated rings. The summed E-state index contributed by atoms with van der Waals surface area (Å²) in [4.78, 5) is 8.48. The Labute approximate surface area is 121 Å². The van der Waals surface area contributed by atoms with Crippen molar-refractivity contribution in [3.8, 4) is 0 Å². The zero-order valence-electron chi connectivity index (χ0n) is 11.2. The van der Waals surface area contributed by atoms with Crippen LogP contribution in [-0.2, 0) is 0 Å². The molecule has 1 unspecified atom stereocenters. The lowest BCUT2D eigenvalue weighted by Crippen LogP contribution is -2.07. The second-order valence-electron chi connectivity index (χ2n) is 4.74. The molecule has 1 atom stereocenters. The molecule has 0 bridgehead atoms. The van der Waals surface area contributed by atoms with Crippen molar-refractivity contribution < 1.29 is 4.42 Å². The van der Waals surface area contributed by atoms with E-state index in [4.69, 9.17) is 16.0 Å². The summed E-state index contributed by atoms with van der Waals surface area (Å²) >= 11 is 5.98. The summed E-state index contributed by atoms with van der Waals surface area (Å²) in [6.45, 7) is 3.93. The number of hydrogen-bond acceptors (Lipinski definition) is 4. The van der Waals surface area contributed by atoms with Gasteiger partial charge in [-0.1, -0.05) is 11.6 Å². The predicted molar refractivity (Wildman–Crippen MR) is 80.0 cm³/mol. The van der Waals surface area contributed by atoms with Crippen molar-refractivity contribution in [3.05, 3.63) is 53.1 Å². The number of nitrogens with zero attached hydrogens (tertiary/aromatic N) is 2. The van der Waals surface area contributed by atoms with Crippen molar-refractivity contribution in [1.29, 1.82) is 0 Å². The molecular formula is C15H14ClN3O. The van der Waals surface area contributed by atoms with Crippen LogP contribution in [0.1, 0.15) is 24.4 Å². The van der Waals surface area contributed by atoms with Gasteiger partial charge >= 0.3 is 0 Å². The van der Waals surface area contributed by atoms with Crippen molar-refractivity contribution in [2.75, 3.05) is 5.32 Å². The van der Waals surface area contributed by atoms with Crippen LogP contribution in [0.2, 0.25) is 5.02 Å². The number of nitrogens with one attached hydrogen (secondary N) is 1. The maximum Gasteiger partial charge on any atom is 0.145 e. The molecule has 0 aliphatic carbocycles. The Kier molecular flexibility index (Phi) is 3.32. The molecule has 4 nitrogen and oxygen atoms in total. The van der Waals surface area contributed by atoms with Gasteiger partial charge in [-0.2, -0.15) is 0 Å². The minimum absolute atomic E-state index is 0.00252. The van der Waals surface area contributed by atoms with Crippen molar-refractivity contribution in [1.82, 2.24) is 9.97 Å². The van der Waals surface area contributed by atoms with Crippen molar-refractivity contribution in [2.24, 2.45) is 0 Å². The molecule has 2 heterocycles. The average molecular weight is 288 g/mol. The van der Waals surface area contributed by atoms with Crippen LogP contribution in [-0.4, -0.2) is 9.97 Å². The molecule has 0 radical (unpaired) electrons. The molecule has 2 aromatic heterocycles. The Morgan fingerprint density at radius 2 is 2.10 bits per heavy atom. The molecule has 0 aliphatic heterocycles. The van der Waals surface area contributed by atoms with E-state index < -0.39 is 0 Å². The minimum Gasteiger partial charge on any atom is -0.459 e. The van der Waals surface area contributed by atoms with E-state index in [1.165, 1.54) is 0 Å². The lowest BCUT2D eigenvalue weighted by molar-refractivity contribution is 0.525. The number of fused-ring (bicyclic) bond motifs is 1. The topological polar surface area (TPSA) is 51.0 Å². The first kappa shape index (κ1) is 12.9. The molecule has 1 aromatic carbocycles. The standard InChI is InChI=1S/C15H14ClN3O/c1-9-7-17-8-15(18-9)19-10(2)14-6-11-5-12(16)3-4-13(11)20-14/h3-8,10H,1-2H3,(H,18,19). The number of halogens is 1. The number of rotatable bonds is 3. The van der Waals surface area contributed by atoms with E-state index >= 15 is 0 Å². The summed E-state index contributed by atoms with van der Waals surface area (Å²) < 4.78 is 5.82. The largest absolute Gasteiger partial charge is 0.459 e. The van der Waals surface area contributed by atoms with Crippen LogP contribution in [0.25, 0.3) is 11.0 Å². The summed E-state index contributed by atoms with van der Waals surface area (Å²) in [5, 5.41) is 4.97. The van der Waals surface area contributed by atoms with Gasteiger partial charge in [0.1, 0.15) is 17.2 Å². The molecule has 1 N–H and O–H groups in total. The predicted octanol–water partition coefficient (Wildman–Crippen LogP) is 4.36. The molecular weight excluding hydrogens is 274 g/mol. The number of hydrogen-bond donors (Lipinski definition) is 1. The molecule has 0 saturated carbocycles. The van der Waals surface area contributed by atoms with Crippen LogP contribution in [0, 0.1) is 6.92 Å². The van der Waals surface area contributed by atoms with Gasteiger partial charge in [0.15, 0.2) is 0 Å². The Hall–Kier alpha value is -2.07. The maximum absolute atomic E-state index is 5.98. The fourth-order valence-electron chi connectivity index (χ4n) is 2.07. The first-order chi connectivity index (χ1) is 9.61. The third-order valence-electron chi connectivity index (χ3n) is 3.04. The van der Waals surface area contributed by atoms with Crippen LogP contribution >= 0.6 is 11.6 Å². The van der Waals surface area contributed by atoms with E-state index in [0.29, 0.717) is 5.02 Å². The molecule has 3 rings (SSSR count). The molecule has 0 saturated heterocycles. The molecule has 0 aliphatic rings. The lowest BCUT2D eigenvalue weighted by atomic mass is 10.2. The molecule has 0 amide bonds. The first-order valence-electron chi connectivity index (χ1n) is 6.36.